The maximum atomic E-state index is 12.2. The SMILES string of the molecule is CCC(CC)C(C)NS(=O)(=O)c1ccc(C(=O)O)cc1. The lowest BCUT2D eigenvalue weighted by Crippen LogP contribution is -2.37. The van der Waals surface area contributed by atoms with Crippen molar-refractivity contribution in [3.63, 3.8) is 0 Å². The smallest absolute Gasteiger partial charge is 0.335 e. The maximum Gasteiger partial charge on any atom is 0.335 e. The van der Waals surface area contributed by atoms with Gasteiger partial charge in [-0.3, -0.25) is 0 Å². The molecule has 1 unspecified atom stereocenters. The van der Waals surface area contributed by atoms with Crippen LogP contribution in [0.3, 0.4) is 0 Å². The number of rotatable bonds is 7. The van der Waals surface area contributed by atoms with E-state index in [0.717, 1.165) is 12.8 Å². The lowest BCUT2D eigenvalue weighted by atomic mass is 9.96. The van der Waals surface area contributed by atoms with Crippen LogP contribution in [-0.4, -0.2) is 25.5 Å². The summed E-state index contributed by atoms with van der Waals surface area (Å²) >= 11 is 0. The topological polar surface area (TPSA) is 83.5 Å². The molecular formula is C14H21NO4S. The monoisotopic (exact) mass is 299 g/mol. The number of benzene rings is 1. The van der Waals surface area contributed by atoms with E-state index in [-0.39, 0.29) is 22.4 Å². The van der Waals surface area contributed by atoms with Gasteiger partial charge in [0.25, 0.3) is 0 Å². The fourth-order valence-corrected chi connectivity index (χ4v) is 3.49. The third-order valence-electron chi connectivity index (χ3n) is 3.51. The van der Waals surface area contributed by atoms with Crippen LogP contribution < -0.4 is 4.72 Å². The Labute approximate surface area is 120 Å². The molecule has 0 fully saturated rings. The van der Waals surface area contributed by atoms with Crippen molar-refractivity contribution in [2.45, 2.75) is 44.6 Å². The molecule has 0 aliphatic carbocycles. The van der Waals surface area contributed by atoms with Crippen LogP contribution in [0.4, 0.5) is 0 Å². The second-order valence-electron chi connectivity index (χ2n) is 4.82. The van der Waals surface area contributed by atoms with Gasteiger partial charge in [-0.15, -0.1) is 0 Å². The van der Waals surface area contributed by atoms with Crippen molar-refractivity contribution in [3.8, 4) is 0 Å². The predicted octanol–water partition coefficient (Wildman–Crippen LogP) is 2.49. The van der Waals surface area contributed by atoms with Crippen LogP contribution in [0, 0.1) is 5.92 Å². The van der Waals surface area contributed by atoms with Crippen LogP contribution in [0.25, 0.3) is 0 Å². The Morgan fingerprint density at radius 2 is 1.70 bits per heavy atom. The molecule has 20 heavy (non-hydrogen) atoms. The number of carboxylic acids is 1. The Bertz CT molecular complexity index is 547. The van der Waals surface area contributed by atoms with Crippen LogP contribution in [0.15, 0.2) is 29.2 Å². The zero-order valence-corrected chi connectivity index (χ0v) is 12.8. The molecule has 6 heteroatoms. The first-order valence-electron chi connectivity index (χ1n) is 6.67. The molecule has 0 heterocycles. The fourth-order valence-electron chi connectivity index (χ4n) is 2.18. The Morgan fingerprint density at radius 3 is 2.10 bits per heavy atom. The Morgan fingerprint density at radius 1 is 1.20 bits per heavy atom. The molecule has 0 radical (unpaired) electrons. The van der Waals surface area contributed by atoms with Crippen molar-refractivity contribution in [1.29, 1.82) is 0 Å². The average Bonchev–Trinajstić information content (AvgIpc) is 2.39. The highest BCUT2D eigenvalue weighted by Crippen LogP contribution is 2.17. The van der Waals surface area contributed by atoms with Gasteiger partial charge in [-0.25, -0.2) is 17.9 Å². The minimum Gasteiger partial charge on any atom is -0.478 e. The number of hydrogen-bond donors (Lipinski definition) is 2. The molecule has 0 aromatic heterocycles. The molecule has 0 spiro atoms. The summed E-state index contributed by atoms with van der Waals surface area (Å²) < 4.78 is 27.1. The standard InChI is InChI=1S/C14H21NO4S/c1-4-11(5-2)10(3)15-20(18,19)13-8-6-12(7-9-13)14(16)17/h6-11,15H,4-5H2,1-3H3,(H,16,17). The molecule has 0 bridgehead atoms. The van der Waals surface area contributed by atoms with Gasteiger partial charge in [-0.2, -0.15) is 0 Å². The van der Waals surface area contributed by atoms with E-state index in [1.165, 1.54) is 24.3 Å². The third-order valence-corrected chi connectivity index (χ3v) is 5.08. The second-order valence-corrected chi connectivity index (χ2v) is 6.53. The van der Waals surface area contributed by atoms with Crippen molar-refractivity contribution in [3.05, 3.63) is 29.8 Å². The highest BCUT2D eigenvalue weighted by Gasteiger charge is 2.21. The molecule has 2 N–H and O–H groups in total. The van der Waals surface area contributed by atoms with Crippen LogP contribution in [-0.2, 0) is 10.0 Å². The van der Waals surface area contributed by atoms with Gasteiger partial charge in [0.1, 0.15) is 0 Å². The number of nitrogens with one attached hydrogen (secondary N) is 1. The van der Waals surface area contributed by atoms with Crippen LogP contribution in [0.1, 0.15) is 44.0 Å². The lowest BCUT2D eigenvalue weighted by Gasteiger charge is -2.22. The third kappa shape index (κ3) is 4.05. The number of sulfonamides is 1. The minimum atomic E-state index is -3.61. The fraction of sp³-hybridized carbons (Fsp3) is 0.500. The zero-order chi connectivity index (χ0) is 15.3. The first-order chi connectivity index (χ1) is 9.31. The molecule has 112 valence electrons. The molecule has 1 aromatic carbocycles. The summed E-state index contributed by atoms with van der Waals surface area (Å²) in [6, 6.07) is 5.04. The van der Waals surface area contributed by atoms with E-state index in [9.17, 15) is 13.2 Å². The predicted molar refractivity (Wildman–Crippen MR) is 77.3 cm³/mol. The lowest BCUT2D eigenvalue weighted by molar-refractivity contribution is 0.0696. The highest BCUT2D eigenvalue weighted by molar-refractivity contribution is 7.89. The molecule has 1 rings (SSSR count). The van der Waals surface area contributed by atoms with Gasteiger partial charge in [0.05, 0.1) is 10.5 Å². The Kier molecular flexibility index (Phi) is 5.71. The van der Waals surface area contributed by atoms with E-state index in [2.05, 4.69) is 4.72 Å². The van der Waals surface area contributed by atoms with E-state index < -0.39 is 16.0 Å². The van der Waals surface area contributed by atoms with Crippen LogP contribution in [0.5, 0.6) is 0 Å². The summed E-state index contributed by atoms with van der Waals surface area (Å²) in [5, 5.41) is 8.80. The first kappa shape index (κ1) is 16.7. The normalized spacial score (nSPS) is 13.4. The van der Waals surface area contributed by atoms with Gasteiger partial charge < -0.3 is 5.11 Å². The second kappa shape index (κ2) is 6.85. The summed E-state index contributed by atoms with van der Waals surface area (Å²) in [7, 11) is -3.61. The van der Waals surface area contributed by atoms with Crippen molar-refractivity contribution in [1.82, 2.24) is 4.72 Å². The van der Waals surface area contributed by atoms with Crippen LogP contribution >= 0.6 is 0 Å². The van der Waals surface area contributed by atoms with Gasteiger partial charge in [-0.05, 0) is 37.1 Å². The van der Waals surface area contributed by atoms with E-state index in [0.29, 0.717) is 0 Å². The Hall–Kier alpha value is -1.40. The summed E-state index contributed by atoms with van der Waals surface area (Å²) in [6.07, 6.45) is 1.80. The van der Waals surface area contributed by atoms with E-state index in [1.807, 2.05) is 20.8 Å². The molecule has 0 amide bonds. The molecule has 0 saturated carbocycles. The molecule has 0 aliphatic heterocycles. The summed E-state index contributed by atoms with van der Waals surface area (Å²) in [5.41, 5.74) is 0.0667. The number of carbonyl (C=O) groups is 1. The first-order valence-corrected chi connectivity index (χ1v) is 8.15. The molecule has 5 nitrogen and oxygen atoms in total. The van der Waals surface area contributed by atoms with E-state index in [4.69, 9.17) is 5.11 Å². The highest BCUT2D eigenvalue weighted by atomic mass is 32.2. The molecule has 0 saturated heterocycles. The van der Waals surface area contributed by atoms with E-state index >= 15 is 0 Å². The van der Waals surface area contributed by atoms with Gasteiger partial charge >= 0.3 is 5.97 Å². The number of hydrogen-bond acceptors (Lipinski definition) is 3. The van der Waals surface area contributed by atoms with Gasteiger partial charge in [0.2, 0.25) is 10.0 Å². The summed E-state index contributed by atoms with van der Waals surface area (Å²) in [6.45, 7) is 5.90. The van der Waals surface area contributed by atoms with Crippen LogP contribution in [0.2, 0.25) is 0 Å². The largest absolute Gasteiger partial charge is 0.478 e. The Balaban J connectivity index is 2.91. The van der Waals surface area contributed by atoms with Gasteiger partial charge in [0.15, 0.2) is 0 Å². The van der Waals surface area contributed by atoms with E-state index in [1.54, 1.807) is 0 Å². The molecular weight excluding hydrogens is 278 g/mol. The molecule has 1 aromatic rings. The van der Waals surface area contributed by atoms with Gasteiger partial charge in [0, 0.05) is 6.04 Å². The van der Waals surface area contributed by atoms with Crippen molar-refractivity contribution < 1.29 is 18.3 Å². The van der Waals surface area contributed by atoms with Crippen molar-refractivity contribution >= 4 is 16.0 Å². The number of carboxylic acid groups (broad SMARTS) is 1. The summed E-state index contributed by atoms with van der Waals surface area (Å²) in [5.74, 6) is -0.796. The number of aromatic carboxylic acids is 1. The summed E-state index contributed by atoms with van der Waals surface area (Å²) in [4.78, 5) is 10.8. The average molecular weight is 299 g/mol. The minimum absolute atomic E-state index is 0.0667. The van der Waals surface area contributed by atoms with Gasteiger partial charge in [-0.1, -0.05) is 26.7 Å². The van der Waals surface area contributed by atoms with Crippen molar-refractivity contribution in [2.75, 3.05) is 0 Å². The zero-order valence-electron chi connectivity index (χ0n) is 12.0. The maximum absolute atomic E-state index is 12.2. The molecule has 0 aliphatic rings. The van der Waals surface area contributed by atoms with Crippen molar-refractivity contribution in [2.24, 2.45) is 5.92 Å². The quantitative estimate of drug-likeness (QED) is 0.810. The molecule has 1 atom stereocenters.